The number of rotatable bonds is 11. The van der Waals surface area contributed by atoms with Gasteiger partial charge in [-0.25, -0.2) is 0 Å². The van der Waals surface area contributed by atoms with E-state index in [2.05, 4.69) is 20.8 Å². The SMILES string of the molecule is CCC(C)C.COc1ccc(CN(Cc2ccc(C)cc2)C(=O)CN2CCN(C(=O)Cc3cccc(OC)c3)CC2=O)cc1. The maximum absolute atomic E-state index is 13.5. The predicted octanol–water partition coefficient (Wildman–Crippen LogP) is 5.51. The Hall–Kier alpha value is -4.33. The quantitative estimate of drug-likeness (QED) is 0.290. The molecule has 0 bridgehead atoms. The summed E-state index contributed by atoms with van der Waals surface area (Å²) < 4.78 is 10.5. The van der Waals surface area contributed by atoms with Crippen LogP contribution in [0.5, 0.6) is 11.5 Å². The van der Waals surface area contributed by atoms with Crippen LogP contribution in [0.15, 0.2) is 72.8 Å². The number of ether oxygens (including phenoxy) is 2. The third kappa shape index (κ3) is 10.7. The molecule has 0 radical (unpaired) electrons. The lowest BCUT2D eigenvalue weighted by Crippen LogP contribution is -2.54. The van der Waals surface area contributed by atoms with Gasteiger partial charge in [0, 0.05) is 26.2 Å². The minimum atomic E-state index is -0.228. The van der Waals surface area contributed by atoms with Crippen molar-refractivity contribution in [3.63, 3.8) is 0 Å². The smallest absolute Gasteiger partial charge is 0.242 e. The summed E-state index contributed by atoms with van der Waals surface area (Å²) in [6, 6.07) is 23.0. The second-order valence-corrected chi connectivity index (χ2v) is 11.5. The molecule has 1 heterocycles. The number of hydrogen-bond donors (Lipinski definition) is 0. The van der Waals surface area contributed by atoms with Gasteiger partial charge in [0.1, 0.15) is 11.5 Å². The number of carbonyl (C=O) groups excluding carboxylic acids is 3. The number of carbonyl (C=O) groups is 3. The summed E-state index contributed by atoms with van der Waals surface area (Å²) in [4.78, 5) is 44.2. The Balaban J connectivity index is 0.000000978. The monoisotopic (exact) mass is 601 g/mol. The Bertz CT molecular complexity index is 1350. The zero-order valence-corrected chi connectivity index (χ0v) is 27.0. The van der Waals surface area contributed by atoms with Crippen molar-refractivity contribution in [1.82, 2.24) is 14.7 Å². The molecule has 1 saturated heterocycles. The van der Waals surface area contributed by atoms with Crippen LogP contribution in [0, 0.1) is 12.8 Å². The van der Waals surface area contributed by atoms with Gasteiger partial charge in [-0.05, 0) is 53.8 Å². The highest BCUT2D eigenvalue weighted by molar-refractivity contribution is 5.90. The van der Waals surface area contributed by atoms with Crippen molar-refractivity contribution in [2.45, 2.75) is 53.6 Å². The lowest BCUT2D eigenvalue weighted by Gasteiger charge is -2.35. The van der Waals surface area contributed by atoms with Crippen LogP contribution in [0.2, 0.25) is 0 Å². The molecule has 8 heteroatoms. The van der Waals surface area contributed by atoms with E-state index in [9.17, 15) is 14.4 Å². The average Bonchev–Trinajstić information content (AvgIpc) is 3.03. The van der Waals surface area contributed by atoms with Crippen LogP contribution < -0.4 is 9.47 Å². The van der Waals surface area contributed by atoms with Gasteiger partial charge in [0.15, 0.2) is 0 Å². The first-order valence-corrected chi connectivity index (χ1v) is 15.3. The van der Waals surface area contributed by atoms with Crippen LogP contribution >= 0.6 is 0 Å². The summed E-state index contributed by atoms with van der Waals surface area (Å²) in [5.74, 6) is 1.83. The van der Waals surface area contributed by atoms with Gasteiger partial charge in [-0.2, -0.15) is 0 Å². The third-order valence-corrected chi connectivity index (χ3v) is 7.68. The molecule has 3 aromatic carbocycles. The highest BCUT2D eigenvalue weighted by Gasteiger charge is 2.29. The minimum absolute atomic E-state index is 0.0290. The molecule has 0 atom stereocenters. The fraction of sp³-hybridized carbons (Fsp3) is 0.417. The van der Waals surface area contributed by atoms with Crippen molar-refractivity contribution < 1.29 is 23.9 Å². The van der Waals surface area contributed by atoms with Crippen molar-refractivity contribution in [3.05, 3.63) is 95.1 Å². The Morgan fingerprint density at radius 3 is 1.98 bits per heavy atom. The molecule has 8 nitrogen and oxygen atoms in total. The normalized spacial score (nSPS) is 12.8. The number of aryl methyl sites for hydroxylation is 1. The maximum atomic E-state index is 13.5. The maximum Gasteiger partial charge on any atom is 0.242 e. The van der Waals surface area contributed by atoms with Crippen molar-refractivity contribution in [2.75, 3.05) is 40.4 Å². The van der Waals surface area contributed by atoms with Gasteiger partial charge < -0.3 is 24.2 Å². The van der Waals surface area contributed by atoms with Gasteiger partial charge in [-0.3, -0.25) is 14.4 Å². The Morgan fingerprint density at radius 1 is 0.841 bits per heavy atom. The predicted molar refractivity (Wildman–Crippen MR) is 173 cm³/mol. The molecule has 3 aromatic rings. The summed E-state index contributed by atoms with van der Waals surface area (Å²) >= 11 is 0. The zero-order valence-electron chi connectivity index (χ0n) is 27.0. The summed E-state index contributed by atoms with van der Waals surface area (Å²) in [6.07, 6.45) is 1.50. The molecule has 0 aliphatic carbocycles. The van der Waals surface area contributed by atoms with Crippen molar-refractivity contribution in [1.29, 1.82) is 0 Å². The molecule has 1 fully saturated rings. The Labute approximate surface area is 262 Å². The molecule has 44 heavy (non-hydrogen) atoms. The summed E-state index contributed by atoms with van der Waals surface area (Å²) in [5.41, 5.74) is 3.96. The Morgan fingerprint density at radius 2 is 1.43 bits per heavy atom. The third-order valence-electron chi connectivity index (χ3n) is 7.68. The van der Waals surface area contributed by atoms with E-state index in [-0.39, 0.29) is 37.2 Å². The van der Waals surface area contributed by atoms with Gasteiger partial charge >= 0.3 is 0 Å². The first-order chi connectivity index (χ1) is 21.1. The van der Waals surface area contributed by atoms with Crippen molar-refractivity contribution >= 4 is 17.7 Å². The van der Waals surface area contributed by atoms with E-state index in [1.54, 1.807) is 28.9 Å². The van der Waals surface area contributed by atoms with Crippen LogP contribution in [-0.2, 0) is 33.9 Å². The fourth-order valence-corrected chi connectivity index (χ4v) is 4.52. The molecule has 0 saturated carbocycles. The zero-order chi connectivity index (χ0) is 32.1. The van der Waals surface area contributed by atoms with E-state index in [1.165, 1.54) is 6.42 Å². The highest BCUT2D eigenvalue weighted by Crippen LogP contribution is 2.17. The largest absolute Gasteiger partial charge is 0.497 e. The molecule has 0 aromatic heterocycles. The molecule has 1 aliphatic heterocycles. The molecular weight excluding hydrogens is 554 g/mol. The fourth-order valence-electron chi connectivity index (χ4n) is 4.52. The lowest BCUT2D eigenvalue weighted by molar-refractivity contribution is -0.148. The van der Waals surface area contributed by atoms with E-state index >= 15 is 0 Å². The summed E-state index contributed by atoms with van der Waals surface area (Å²) in [5, 5.41) is 0. The van der Waals surface area contributed by atoms with Gasteiger partial charge in [-0.1, -0.05) is 81.3 Å². The highest BCUT2D eigenvalue weighted by atomic mass is 16.5. The van der Waals surface area contributed by atoms with Crippen LogP contribution in [0.1, 0.15) is 49.4 Å². The standard InChI is InChI=1S/C31H35N3O5.C5H12/c1-23-7-9-24(10-8-23)19-34(20-25-11-13-27(38-2)14-12-25)31(37)22-33-16-15-32(21-30(33)36)29(35)18-26-5-4-6-28(17-26)39-3;1-4-5(2)3/h4-14,17H,15-16,18-22H2,1-3H3;5H,4H2,1-3H3. The molecule has 3 amide bonds. The van der Waals surface area contributed by atoms with Crippen molar-refractivity contribution in [2.24, 2.45) is 5.92 Å². The number of hydrogen-bond acceptors (Lipinski definition) is 5. The average molecular weight is 602 g/mol. The van der Waals surface area contributed by atoms with Crippen LogP contribution in [0.3, 0.4) is 0 Å². The number of amides is 3. The van der Waals surface area contributed by atoms with Crippen LogP contribution in [-0.4, -0.2) is 72.8 Å². The lowest BCUT2D eigenvalue weighted by atomic mass is 10.1. The van der Waals surface area contributed by atoms with E-state index < -0.39 is 0 Å². The van der Waals surface area contributed by atoms with Gasteiger partial charge in [0.25, 0.3) is 0 Å². The molecule has 0 spiro atoms. The second-order valence-electron chi connectivity index (χ2n) is 11.5. The van der Waals surface area contributed by atoms with Gasteiger partial charge in [-0.15, -0.1) is 0 Å². The number of nitrogens with zero attached hydrogens (tertiary/aromatic N) is 3. The molecule has 4 rings (SSSR count). The molecule has 236 valence electrons. The van der Waals surface area contributed by atoms with Crippen molar-refractivity contribution in [3.8, 4) is 11.5 Å². The van der Waals surface area contributed by atoms with Gasteiger partial charge in [0.05, 0.1) is 33.7 Å². The Kier molecular flexibility index (Phi) is 13.3. The first-order valence-electron chi connectivity index (χ1n) is 15.3. The molecular formula is C36H47N3O5. The molecule has 0 N–H and O–H groups in total. The minimum Gasteiger partial charge on any atom is -0.497 e. The van der Waals surface area contributed by atoms with Crippen LogP contribution in [0.4, 0.5) is 0 Å². The topological polar surface area (TPSA) is 79.4 Å². The number of methoxy groups -OCH3 is 2. The molecule has 1 aliphatic rings. The van der Waals surface area contributed by atoms with E-state index in [1.807, 2.05) is 79.7 Å². The molecule has 0 unspecified atom stereocenters. The van der Waals surface area contributed by atoms with E-state index in [0.717, 1.165) is 33.9 Å². The summed E-state index contributed by atoms with van der Waals surface area (Å²) in [7, 11) is 3.20. The van der Waals surface area contributed by atoms with E-state index in [0.29, 0.717) is 31.9 Å². The van der Waals surface area contributed by atoms with E-state index in [4.69, 9.17) is 9.47 Å². The van der Waals surface area contributed by atoms with Crippen LogP contribution in [0.25, 0.3) is 0 Å². The first kappa shape index (κ1) is 34.2. The number of piperazine rings is 1. The second kappa shape index (κ2) is 17.1. The summed E-state index contributed by atoms with van der Waals surface area (Å²) in [6.45, 7) is 10.1. The number of benzene rings is 3. The van der Waals surface area contributed by atoms with Gasteiger partial charge in [0.2, 0.25) is 17.7 Å².